The molecule has 0 radical (unpaired) electrons. The van der Waals surface area contributed by atoms with Gasteiger partial charge in [-0.3, -0.25) is 4.79 Å². The summed E-state index contributed by atoms with van der Waals surface area (Å²) in [4.78, 5) is 25.8. The average Bonchev–Trinajstić information content (AvgIpc) is 2.80. The predicted octanol–water partition coefficient (Wildman–Crippen LogP) is 0.504. The molecule has 0 aliphatic heterocycles. The molecule has 0 aliphatic carbocycles. The molecule has 7 heteroatoms. The number of carboxylic acids is 2. The third-order valence-electron chi connectivity index (χ3n) is 2.81. The van der Waals surface area contributed by atoms with Gasteiger partial charge in [-0.05, 0) is 18.2 Å². The number of carbonyl (C=O) groups is 2. The van der Waals surface area contributed by atoms with E-state index in [0.717, 1.165) is 6.08 Å². The molecule has 0 saturated carbocycles. The lowest BCUT2D eigenvalue weighted by molar-refractivity contribution is -0.141. The van der Waals surface area contributed by atoms with Crippen molar-refractivity contribution >= 4 is 17.6 Å². The third kappa shape index (κ3) is 2.67. The first kappa shape index (κ1) is 13.8. The van der Waals surface area contributed by atoms with Gasteiger partial charge in [-0.1, -0.05) is 6.07 Å². The van der Waals surface area contributed by atoms with Crippen LogP contribution in [-0.2, 0) is 9.59 Å². The summed E-state index contributed by atoms with van der Waals surface area (Å²) in [5.74, 6) is -3.83. The summed E-state index contributed by atoms with van der Waals surface area (Å²) in [5, 5.41) is 27.7. The van der Waals surface area contributed by atoms with Crippen molar-refractivity contribution in [3.05, 3.63) is 48.4 Å². The van der Waals surface area contributed by atoms with Crippen molar-refractivity contribution in [2.75, 3.05) is 0 Å². The fourth-order valence-electron chi connectivity index (χ4n) is 1.92. The number of nitrogens with zero attached hydrogens (tertiary/aromatic N) is 2. The van der Waals surface area contributed by atoms with Crippen molar-refractivity contribution in [2.24, 2.45) is 0 Å². The minimum absolute atomic E-state index is 0.274. The van der Waals surface area contributed by atoms with Crippen LogP contribution in [-0.4, -0.2) is 42.7 Å². The first-order valence-electron chi connectivity index (χ1n) is 5.74. The van der Waals surface area contributed by atoms with Gasteiger partial charge in [0.2, 0.25) is 0 Å². The number of fused-ring (bicyclic) bond motifs is 1. The van der Waals surface area contributed by atoms with E-state index in [1.54, 1.807) is 24.4 Å². The standard InChI is InChI=1S/C13H12N2O5/c16-9(4-5-11(17)18)12(13(19)20)8-7-14-10-3-1-2-6-15(8)10/h1-7,9,12,16H,(H,17,18)(H,19,20)/b5-4+. The van der Waals surface area contributed by atoms with Crippen molar-refractivity contribution < 1.29 is 24.9 Å². The van der Waals surface area contributed by atoms with Crippen molar-refractivity contribution in [1.29, 1.82) is 0 Å². The number of hydrogen-bond acceptors (Lipinski definition) is 4. The maximum Gasteiger partial charge on any atom is 0.328 e. The number of carboxylic acid groups (broad SMARTS) is 2. The van der Waals surface area contributed by atoms with Gasteiger partial charge in [0.1, 0.15) is 11.6 Å². The molecule has 0 saturated heterocycles. The Morgan fingerprint density at radius 3 is 2.70 bits per heavy atom. The number of imidazole rings is 1. The van der Waals surface area contributed by atoms with E-state index in [9.17, 15) is 19.8 Å². The van der Waals surface area contributed by atoms with Gasteiger partial charge < -0.3 is 19.7 Å². The SMILES string of the molecule is O=C(O)/C=C/C(O)C(C(=O)O)c1cnc2ccccn12. The Morgan fingerprint density at radius 1 is 1.30 bits per heavy atom. The van der Waals surface area contributed by atoms with Gasteiger partial charge in [-0.25, -0.2) is 9.78 Å². The zero-order valence-electron chi connectivity index (χ0n) is 10.2. The van der Waals surface area contributed by atoms with Gasteiger partial charge in [0, 0.05) is 12.3 Å². The lowest BCUT2D eigenvalue weighted by atomic mass is 9.98. The molecule has 20 heavy (non-hydrogen) atoms. The van der Waals surface area contributed by atoms with Crippen molar-refractivity contribution in [1.82, 2.24) is 9.38 Å². The number of aromatic nitrogens is 2. The minimum Gasteiger partial charge on any atom is -0.481 e. The molecule has 2 aromatic heterocycles. The molecule has 0 bridgehead atoms. The molecule has 0 aromatic carbocycles. The number of aliphatic hydroxyl groups excluding tert-OH is 1. The highest BCUT2D eigenvalue weighted by Gasteiger charge is 2.29. The zero-order chi connectivity index (χ0) is 14.7. The van der Waals surface area contributed by atoms with Gasteiger partial charge >= 0.3 is 11.9 Å². The van der Waals surface area contributed by atoms with Crippen molar-refractivity contribution in [2.45, 2.75) is 12.0 Å². The van der Waals surface area contributed by atoms with E-state index in [1.807, 2.05) is 0 Å². The van der Waals surface area contributed by atoms with Gasteiger partial charge in [-0.2, -0.15) is 0 Å². The van der Waals surface area contributed by atoms with Gasteiger partial charge in [0.15, 0.2) is 0 Å². The van der Waals surface area contributed by atoms with E-state index in [4.69, 9.17) is 5.11 Å². The lowest BCUT2D eigenvalue weighted by Gasteiger charge is -2.15. The number of hydrogen-bond donors (Lipinski definition) is 3. The van der Waals surface area contributed by atoms with Crippen LogP contribution in [0.1, 0.15) is 11.6 Å². The molecular formula is C13H12N2O5. The Morgan fingerprint density at radius 2 is 2.05 bits per heavy atom. The molecule has 2 atom stereocenters. The van der Waals surface area contributed by atoms with E-state index >= 15 is 0 Å². The lowest BCUT2D eigenvalue weighted by Crippen LogP contribution is -2.25. The maximum atomic E-state index is 11.3. The molecule has 7 nitrogen and oxygen atoms in total. The number of pyridine rings is 1. The normalized spacial score (nSPS) is 14.4. The minimum atomic E-state index is -1.47. The maximum absolute atomic E-state index is 11.3. The van der Waals surface area contributed by atoms with Gasteiger partial charge in [0.25, 0.3) is 0 Å². The van der Waals surface area contributed by atoms with Crippen LogP contribution in [0.5, 0.6) is 0 Å². The highest BCUT2D eigenvalue weighted by atomic mass is 16.4. The van der Waals surface area contributed by atoms with Gasteiger partial charge in [0.05, 0.1) is 18.0 Å². The number of rotatable bonds is 5. The van der Waals surface area contributed by atoms with Crippen LogP contribution < -0.4 is 0 Å². The molecule has 0 aliphatic rings. The summed E-state index contributed by atoms with van der Waals surface area (Å²) >= 11 is 0. The summed E-state index contributed by atoms with van der Waals surface area (Å²) in [5.41, 5.74) is 0.818. The summed E-state index contributed by atoms with van der Waals surface area (Å²) < 4.78 is 1.54. The summed E-state index contributed by atoms with van der Waals surface area (Å²) in [6, 6.07) is 5.15. The highest BCUT2D eigenvalue weighted by molar-refractivity contribution is 5.81. The number of aliphatic carboxylic acids is 2. The van der Waals surface area contributed by atoms with E-state index in [-0.39, 0.29) is 5.69 Å². The topological polar surface area (TPSA) is 112 Å². The number of aliphatic hydroxyl groups is 1. The average molecular weight is 276 g/mol. The van der Waals surface area contributed by atoms with Crippen LogP contribution in [0.15, 0.2) is 42.7 Å². The molecule has 0 fully saturated rings. The second-order valence-electron chi connectivity index (χ2n) is 4.12. The van der Waals surface area contributed by atoms with Crippen LogP contribution in [0, 0.1) is 0 Å². The Labute approximate surface area is 113 Å². The summed E-state index contributed by atoms with van der Waals surface area (Å²) in [6.45, 7) is 0. The second-order valence-corrected chi connectivity index (χ2v) is 4.12. The zero-order valence-corrected chi connectivity index (χ0v) is 10.2. The first-order chi connectivity index (χ1) is 9.50. The summed E-state index contributed by atoms with van der Waals surface area (Å²) in [7, 11) is 0. The molecule has 2 rings (SSSR count). The monoisotopic (exact) mass is 276 g/mol. The Kier molecular flexibility index (Phi) is 3.81. The fourth-order valence-corrected chi connectivity index (χ4v) is 1.92. The molecule has 2 heterocycles. The van der Waals surface area contributed by atoms with E-state index in [1.165, 1.54) is 10.6 Å². The Bertz CT molecular complexity index is 676. The molecule has 2 aromatic rings. The smallest absolute Gasteiger partial charge is 0.328 e. The molecule has 3 N–H and O–H groups in total. The van der Waals surface area contributed by atoms with Gasteiger partial charge in [-0.15, -0.1) is 0 Å². The van der Waals surface area contributed by atoms with Crippen molar-refractivity contribution in [3.8, 4) is 0 Å². The molecule has 2 unspecified atom stereocenters. The first-order valence-corrected chi connectivity index (χ1v) is 5.74. The van der Waals surface area contributed by atoms with E-state index < -0.39 is 24.0 Å². The summed E-state index contributed by atoms with van der Waals surface area (Å²) in [6.07, 6.45) is 3.16. The Balaban J connectivity index is 2.43. The highest BCUT2D eigenvalue weighted by Crippen LogP contribution is 2.22. The third-order valence-corrected chi connectivity index (χ3v) is 2.81. The van der Waals surface area contributed by atoms with Crippen LogP contribution in [0.25, 0.3) is 5.65 Å². The van der Waals surface area contributed by atoms with Crippen LogP contribution in [0.4, 0.5) is 0 Å². The van der Waals surface area contributed by atoms with E-state index in [2.05, 4.69) is 4.98 Å². The van der Waals surface area contributed by atoms with Crippen LogP contribution in [0.3, 0.4) is 0 Å². The Hall–Kier alpha value is -2.67. The molecule has 0 amide bonds. The van der Waals surface area contributed by atoms with E-state index in [0.29, 0.717) is 11.7 Å². The predicted molar refractivity (Wildman–Crippen MR) is 68.4 cm³/mol. The fraction of sp³-hybridized carbons (Fsp3) is 0.154. The van der Waals surface area contributed by atoms with Crippen LogP contribution >= 0.6 is 0 Å². The molecule has 0 spiro atoms. The molecule has 104 valence electrons. The quantitative estimate of drug-likeness (QED) is 0.686. The second kappa shape index (κ2) is 5.54. The van der Waals surface area contributed by atoms with Crippen LogP contribution in [0.2, 0.25) is 0 Å². The van der Waals surface area contributed by atoms with Crippen molar-refractivity contribution in [3.63, 3.8) is 0 Å². The largest absolute Gasteiger partial charge is 0.481 e. The molecular weight excluding hydrogens is 264 g/mol.